The molecule has 3 aromatic rings. The first-order chi connectivity index (χ1) is 15.8. The molecule has 0 bridgehead atoms. The summed E-state index contributed by atoms with van der Waals surface area (Å²) in [6, 6.07) is 6.87. The molecule has 0 atom stereocenters. The molecule has 3 heterocycles. The van der Waals surface area contributed by atoms with E-state index in [4.69, 9.17) is 0 Å². The van der Waals surface area contributed by atoms with E-state index in [1.807, 2.05) is 11.0 Å². The van der Waals surface area contributed by atoms with Gasteiger partial charge in [0.25, 0.3) is 0 Å². The molecule has 176 valence electrons. The number of hydrogen-bond acceptors (Lipinski definition) is 5. The van der Waals surface area contributed by atoms with E-state index in [1.165, 1.54) is 4.40 Å². The van der Waals surface area contributed by atoms with Gasteiger partial charge in [-0.25, -0.2) is 0 Å². The Hall–Kier alpha value is -1.85. The van der Waals surface area contributed by atoms with E-state index in [0.717, 1.165) is 23.0 Å². The summed E-state index contributed by atoms with van der Waals surface area (Å²) in [4.78, 5) is 4.70. The second-order valence-corrected chi connectivity index (χ2v) is 10.1. The van der Waals surface area contributed by atoms with Gasteiger partial charge >= 0.3 is 6.18 Å². The molecule has 1 saturated heterocycles. The molecule has 0 spiro atoms. The SMILES string of the molecule is FSc1ccc(N2CCN(Cc3ccn4c(CC5CC5)nnc4c3C(F)(F)F)CC2)c(Br)c1. The Morgan fingerprint density at radius 1 is 1.06 bits per heavy atom. The van der Waals surface area contributed by atoms with Crippen LogP contribution in [-0.4, -0.2) is 45.7 Å². The van der Waals surface area contributed by atoms with Crippen LogP contribution in [0.2, 0.25) is 0 Å². The van der Waals surface area contributed by atoms with Gasteiger partial charge in [-0.2, -0.15) is 17.1 Å². The number of fused-ring (bicyclic) bond motifs is 1. The van der Waals surface area contributed by atoms with Gasteiger partial charge < -0.3 is 4.90 Å². The fourth-order valence-electron chi connectivity index (χ4n) is 4.38. The molecule has 2 aliphatic rings. The zero-order chi connectivity index (χ0) is 23.2. The molecule has 1 aromatic carbocycles. The normalized spacial score (nSPS) is 17.8. The molecular formula is C22H22BrF4N5S. The summed E-state index contributed by atoms with van der Waals surface area (Å²) in [5, 5.41) is 7.99. The zero-order valence-corrected chi connectivity index (χ0v) is 20.1. The summed E-state index contributed by atoms with van der Waals surface area (Å²) in [6.45, 7) is 2.77. The van der Waals surface area contributed by atoms with E-state index in [1.54, 1.807) is 24.4 Å². The average molecular weight is 544 g/mol. The Kier molecular flexibility index (Phi) is 6.30. The molecule has 2 aromatic heterocycles. The molecule has 2 fully saturated rings. The summed E-state index contributed by atoms with van der Waals surface area (Å²) in [7, 11) is 0. The zero-order valence-electron chi connectivity index (χ0n) is 17.7. The van der Waals surface area contributed by atoms with Crippen molar-refractivity contribution in [3.8, 4) is 0 Å². The maximum Gasteiger partial charge on any atom is 0.420 e. The lowest BCUT2D eigenvalue weighted by atomic mass is 10.1. The highest BCUT2D eigenvalue weighted by Crippen LogP contribution is 2.37. The van der Waals surface area contributed by atoms with Gasteiger partial charge in [0.2, 0.25) is 0 Å². The summed E-state index contributed by atoms with van der Waals surface area (Å²) < 4.78 is 57.3. The van der Waals surface area contributed by atoms with Crippen molar-refractivity contribution < 1.29 is 17.1 Å². The topological polar surface area (TPSA) is 36.7 Å². The van der Waals surface area contributed by atoms with Gasteiger partial charge in [0, 0.05) is 54.7 Å². The molecule has 0 radical (unpaired) electrons. The highest BCUT2D eigenvalue weighted by molar-refractivity contribution is 9.10. The van der Waals surface area contributed by atoms with Crippen LogP contribution in [0.15, 0.2) is 39.8 Å². The number of rotatable bonds is 6. The molecular weight excluding hydrogens is 522 g/mol. The quantitative estimate of drug-likeness (QED) is 0.369. The number of nitrogens with zero attached hydrogens (tertiary/aromatic N) is 5. The highest BCUT2D eigenvalue weighted by Gasteiger charge is 2.38. The third-order valence-corrected chi connectivity index (χ3v) is 7.37. The monoisotopic (exact) mass is 543 g/mol. The van der Waals surface area contributed by atoms with Crippen molar-refractivity contribution >= 4 is 39.4 Å². The smallest absolute Gasteiger partial charge is 0.368 e. The predicted molar refractivity (Wildman–Crippen MR) is 123 cm³/mol. The van der Waals surface area contributed by atoms with Crippen molar-refractivity contribution in [3.63, 3.8) is 0 Å². The van der Waals surface area contributed by atoms with Gasteiger partial charge in [-0.15, -0.1) is 10.2 Å². The van der Waals surface area contributed by atoms with Gasteiger partial charge in [0.1, 0.15) is 11.4 Å². The largest absolute Gasteiger partial charge is 0.420 e. The third kappa shape index (κ3) is 4.85. The molecule has 33 heavy (non-hydrogen) atoms. The van der Waals surface area contributed by atoms with Gasteiger partial charge in [0.15, 0.2) is 5.65 Å². The van der Waals surface area contributed by atoms with Gasteiger partial charge in [-0.3, -0.25) is 9.30 Å². The van der Waals surface area contributed by atoms with Crippen LogP contribution < -0.4 is 4.90 Å². The fourth-order valence-corrected chi connectivity index (χ4v) is 5.44. The van der Waals surface area contributed by atoms with Crippen LogP contribution in [-0.2, 0) is 19.1 Å². The summed E-state index contributed by atoms with van der Waals surface area (Å²) >= 11 is 3.68. The number of aromatic nitrogens is 3. The average Bonchev–Trinajstić information content (AvgIpc) is 3.52. The lowest BCUT2D eigenvalue weighted by Gasteiger charge is -2.37. The van der Waals surface area contributed by atoms with Crippen LogP contribution >= 0.6 is 28.1 Å². The van der Waals surface area contributed by atoms with Crippen molar-refractivity contribution in [1.29, 1.82) is 0 Å². The van der Waals surface area contributed by atoms with Crippen molar-refractivity contribution in [3.05, 3.63) is 51.9 Å². The Bertz CT molecular complexity index is 1160. The van der Waals surface area contributed by atoms with Gasteiger partial charge in [0.05, 0.1) is 17.8 Å². The minimum Gasteiger partial charge on any atom is -0.368 e. The molecule has 0 unspecified atom stereocenters. The highest BCUT2D eigenvalue weighted by atomic mass is 79.9. The number of alkyl halides is 3. The summed E-state index contributed by atoms with van der Waals surface area (Å²) in [5.41, 5.74) is 0.379. The number of anilines is 1. The molecule has 1 aliphatic carbocycles. The van der Waals surface area contributed by atoms with E-state index in [0.29, 0.717) is 49.2 Å². The van der Waals surface area contributed by atoms with Crippen LogP contribution in [0.3, 0.4) is 0 Å². The first kappa shape index (κ1) is 22.9. The van der Waals surface area contributed by atoms with Crippen molar-refractivity contribution in [1.82, 2.24) is 19.5 Å². The van der Waals surface area contributed by atoms with Gasteiger partial charge in [-0.05, 0) is 64.5 Å². The second-order valence-electron chi connectivity index (χ2n) is 8.62. The number of benzene rings is 1. The van der Waals surface area contributed by atoms with E-state index in [2.05, 4.69) is 31.0 Å². The number of hydrogen-bond donors (Lipinski definition) is 0. The lowest BCUT2D eigenvalue weighted by Crippen LogP contribution is -2.46. The maximum atomic E-state index is 14.1. The van der Waals surface area contributed by atoms with Crippen LogP contribution in [0.4, 0.5) is 22.7 Å². The first-order valence-corrected chi connectivity index (χ1v) is 12.3. The van der Waals surface area contributed by atoms with Crippen LogP contribution in [0.1, 0.15) is 29.8 Å². The maximum absolute atomic E-state index is 14.1. The predicted octanol–water partition coefficient (Wildman–Crippen LogP) is 5.76. The van der Waals surface area contributed by atoms with E-state index in [9.17, 15) is 17.1 Å². The molecule has 1 aliphatic heterocycles. The van der Waals surface area contributed by atoms with Crippen LogP contribution in [0.25, 0.3) is 5.65 Å². The lowest BCUT2D eigenvalue weighted by molar-refractivity contribution is -0.137. The van der Waals surface area contributed by atoms with Crippen molar-refractivity contribution in [2.45, 2.75) is 36.9 Å². The molecule has 1 saturated carbocycles. The Balaban J connectivity index is 1.33. The Morgan fingerprint density at radius 3 is 2.45 bits per heavy atom. The third-order valence-electron chi connectivity index (χ3n) is 6.30. The molecule has 0 amide bonds. The Morgan fingerprint density at radius 2 is 1.82 bits per heavy atom. The van der Waals surface area contributed by atoms with Crippen LogP contribution in [0.5, 0.6) is 0 Å². The standard InChI is InChI=1S/C22H22BrF4N5S/c23-17-12-16(33-27)3-4-18(17)31-9-7-30(8-10-31)13-15-5-6-32-19(11-14-1-2-14)28-29-21(32)20(15)22(24,25)26/h3-6,12,14H,1-2,7-11,13H2. The van der Waals surface area contributed by atoms with Crippen molar-refractivity contribution in [2.24, 2.45) is 5.92 Å². The van der Waals surface area contributed by atoms with Crippen molar-refractivity contribution in [2.75, 3.05) is 31.1 Å². The molecule has 5 nitrogen and oxygen atoms in total. The Labute approximate surface area is 201 Å². The number of pyridine rings is 1. The molecule has 5 rings (SSSR count). The van der Waals surface area contributed by atoms with E-state index in [-0.39, 0.29) is 29.9 Å². The summed E-state index contributed by atoms with van der Waals surface area (Å²) in [5.74, 6) is 1.11. The van der Waals surface area contributed by atoms with E-state index >= 15 is 0 Å². The van der Waals surface area contributed by atoms with Gasteiger partial charge in [-0.1, -0.05) is 0 Å². The second kappa shape index (κ2) is 9.07. The number of piperazine rings is 1. The fraction of sp³-hybridized carbons (Fsp3) is 0.455. The summed E-state index contributed by atoms with van der Waals surface area (Å²) in [6.07, 6.45) is 0.0294. The molecule has 11 heteroatoms. The molecule has 0 N–H and O–H groups in total. The first-order valence-electron chi connectivity index (χ1n) is 10.8. The van der Waals surface area contributed by atoms with E-state index < -0.39 is 11.7 Å². The van der Waals surface area contributed by atoms with Crippen LogP contribution in [0, 0.1) is 5.92 Å². The minimum atomic E-state index is -4.51. The number of halogens is 5. The minimum absolute atomic E-state index is 0.107.